The van der Waals surface area contributed by atoms with E-state index < -0.39 is 5.97 Å². The molecule has 5 nitrogen and oxygen atoms in total. The largest absolute Gasteiger partial charge is 0.478 e. The maximum atomic E-state index is 12.0. The van der Waals surface area contributed by atoms with Crippen LogP contribution >= 0.6 is 0 Å². The summed E-state index contributed by atoms with van der Waals surface area (Å²) in [6, 6.07) is 4.70. The molecule has 2 rings (SSSR count). The van der Waals surface area contributed by atoms with E-state index in [0.717, 1.165) is 19.5 Å². The van der Waals surface area contributed by atoms with Gasteiger partial charge in [0.2, 0.25) is 0 Å². The molecule has 0 spiro atoms. The van der Waals surface area contributed by atoms with Gasteiger partial charge in [0.1, 0.15) is 0 Å². The maximum Gasteiger partial charge on any atom is 0.335 e. The molecule has 1 atom stereocenters. The molecular formula is C14H18N2O3. The van der Waals surface area contributed by atoms with E-state index in [0.29, 0.717) is 17.2 Å². The van der Waals surface area contributed by atoms with Gasteiger partial charge < -0.3 is 15.3 Å². The van der Waals surface area contributed by atoms with Gasteiger partial charge in [-0.25, -0.2) is 9.59 Å². The van der Waals surface area contributed by atoms with E-state index in [9.17, 15) is 9.59 Å². The second-order valence-electron chi connectivity index (χ2n) is 5.10. The number of nitrogens with zero attached hydrogens (tertiary/aromatic N) is 1. The highest BCUT2D eigenvalue weighted by molar-refractivity contribution is 5.92. The summed E-state index contributed by atoms with van der Waals surface area (Å²) in [5.74, 6) is -0.411. The van der Waals surface area contributed by atoms with Crippen molar-refractivity contribution in [2.45, 2.75) is 20.3 Å². The minimum Gasteiger partial charge on any atom is -0.478 e. The number of amides is 2. The van der Waals surface area contributed by atoms with Crippen molar-refractivity contribution in [3.05, 3.63) is 29.3 Å². The number of carboxylic acid groups (broad SMARTS) is 1. The molecule has 5 heteroatoms. The van der Waals surface area contributed by atoms with Crippen molar-refractivity contribution in [2.75, 3.05) is 18.4 Å². The molecule has 0 bridgehead atoms. The van der Waals surface area contributed by atoms with Crippen LogP contribution in [0.3, 0.4) is 0 Å². The Morgan fingerprint density at radius 1 is 1.42 bits per heavy atom. The van der Waals surface area contributed by atoms with Crippen LogP contribution in [0.1, 0.15) is 29.3 Å². The number of hydrogen-bond acceptors (Lipinski definition) is 2. The van der Waals surface area contributed by atoms with E-state index in [2.05, 4.69) is 12.2 Å². The van der Waals surface area contributed by atoms with Crippen LogP contribution in [0.15, 0.2) is 18.2 Å². The molecule has 1 aromatic rings. The summed E-state index contributed by atoms with van der Waals surface area (Å²) >= 11 is 0. The number of nitrogens with one attached hydrogen (secondary N) is 1. The fourth-order valence-electron chi connectivity index (χ4n) is 2.30. The molecule has 1 saturated heterocycles. The van der Waals surface area contributed by atoms with Crippen molar-refractivity contribution in [1.29, 1.82) is 0 Å². The summed E-state index contributed by atoms with van der Waals surface area (Å²) in [4.78, 5) is 24.7. The molecule has 0 aromatic heterocycles. The number of aromatic carboxylic acids is 1. The number of carbonyl (C=O) groups excluding carboxylic acids is 1. The number of aryl methyl sites for hydroxylation is 1. The molecule has 1 aliphatic heterocycles. The summed E-state index contributed by atoms with van der Waals surface area (Å²) in [5, 5.41) is 11.8. The second kappa shape index (κ2) is 5.30. The molecule has 1 aliphatic rings. The zero-order valence-electron chi connectivity index (χ0n) is 11.1. The highest BCUT2D eigenvalue weighted by Gasteiger charge is 2.23. The number of carbonyl (C=O) groups is 2. The smallest absolute Gasteiger partial charge is 0.335 e. The zero-order chi connectivity index (χ0) is 14.0. The first-order valence-corrected chi connectivity index (χ1v) is 6.37. The lowest BCUT2D eigenvalue weighted by molar-refractivity contribution is 0.0696. The third-order valence-electron chi connectivity index (χ3n) is 3.42. The molecular weight excluding hydrogens is 244 g/mol. The number of urea groups is 1. The molecule has 1 heterocycles. The van der Waals surface area contributed by atoms with Gasteiger partial charge >= 0.3 is 12.0 Å². The first kappa shape index (κ1) is 13.4. The zero-order valence-corrected chi connectivity index (χ0v) is 11.1. The highest BCUT2D eigenvalue weighted by Crippen LogP contribution is 2.19. The van der Waals surface area contributed by atoms with Crippen molar-refractivity contribution in [3.63, 3.8) is 0 Å². The Balaban J connectivity index is 2.05. The van der Waals surface area contributed by atoms with Gasteiger partial charge in [-0.05, 0) is 43.0 Å². The Hall–Kier alpha value is -2.04. The molecule has 0 aliphatic carbocycles. The first-order chi connectivity index (χ1) is 8.97. The van der Waals surface area contributed by atoms with Crippen LogP contribution in [0.5, 0.6) is 0 Å². The van der Waals surface area contributed by atoms with Crippen LogP contribution in [0.2, 0.25) is 0 Å². The average Bonchev–Trinajstić information content (AvgIpc) is 2.75. The fraction of sp³-hybridized carbons (Fsp3) is 0.429. The number of carboxylic acids is 1. The Kier molecular flexibility index (Phi) is 3.74. The summed E-state index contributed by atoms with van der Waals surface area (Å²) in [6.45, 7) is 5.40. The molecule has 2 amide bonds. The van der Waals surface area contributed by atoms with Gasteiger partial charge in [0, 0.05) is 18.8 Å². The minimum atomic E-state index is -0.955. The molecule has 102 valence electrons. The van der Waals surface area contributed by atoms with Gasteiger partial charge in [-0.3, -0.25) is 0 Å². The molecule has 1 fully saturated rings. The number of rotatable bonds is 2. The van der Waals surface area contributed by atoms with E-state index in [1.807, 2.05) is 0 Å². The third kappa shape index (κ3) is 3.05. The van der Waals surface area contributed by atoms with E-state index in [1.165, 1.54) is 6.07 Å². The van der Waals surface area contributed by atoms with Gasteiger partial charge in [-0.2, -0.15) is 0 Å². The quantitative estimate of drug-likeness (QED) is 0.860. The monoisotopic (exact) mass is 262 g/mol. The lowest BCUT2D eigenvalue weighted by Gasteiger charge is -2.17. The standard InChI is InChI=1S/C14H18N2O3/c1-9-5-6-16(8-9)14(19)15-11-3-4-12(13(17)18)10(2)7-11/h3-4,7,9H,5-6,8H2,1-2H3,(H,15,19)(H,17,18). The number of likely N-dealkylation sites (tertiary alicyclic amines) is 1. The van der Waals surface area contributed by atoms with Crippen LogP contribution in [-0.2, 0) is 0 Å². The van der Waals surface area contributed by atoms with Crippen molar-refractivity contribution in [2.24, 2.45) is 5.92 Å². The van der Waals surface area contributed by atoms with Gasteiger partial charge in [0.15, 0.2) is 0 Å². The van der Waals surface area contributed by atoms with Gasteiger partial charge in [0.25, 0.3) is 0 Å². The SMILES string of the molecule is Cc1cc(NC(=O)N2CCC(C)C2)ccc1C(=O)O. The van der Waals surface area contributed by atoms with Crippen molar-refractivity contribution in [3.8, 4) is 0 Å². The van der Waals surface area contributed by atoms with Gasteiger partial charge in [0.05, 0.1) is 5.56 Å². The first-order valence-electron chi connectivity index (χ1n) is 6.37. The molecule has 2 N–H and O–H groups in total. The Labute approximate surface area is 112 Å². The Morgan fingerprint density at radius 3 is 2.68 bits per heavy atom. The molecule has 19 heavy (non-hydrogen) atoms. The summed E-state index contributed by atoms with van der Waals surface area (Å²) in [5.41, 5.74) is 1.53. The number of benzene rings is 1. The van der Waals surface area contributed by atoms with Gasteiger partial charge in [-0.15, -0.1) is 0 Å². The van der Waals surface area contributed by atoms with Crippen molar-refractivity contribution in [1.82, 2.24) is 4.90 Å². The predicted octanol–water partition coefficient (Wildman–Crippen LogP) is 2.57. The Morgan fingerprint density at radius 2 is 2.16 bits per heavy atom. The Bertz CT molecular complexity index is 513. The molecule has 0 radical (unpaired) electrons. The van der Waals surface area contributed by atoms with Gasteiger partial charge in [-0.1, -0.05) is 6.92 Å². The van der Waals surface area contributed by atoms with E-state index in [4.69, 9.17) is 5.11 Å². The predicted molar refractivity (Wildman–Crippen MR) is 72.5 cm³/mol. The molecule has 1 aromatic carbocycles. The number of hydrogen-bond donors (Lipinski definition) is 2. The van der Waals surface area contributed by atoms with Crippen LogP contribution in [0, 0.1) is 12.8 Å². The van der Waals surface area contributed by atoms with Crippen LogP contribution < -0.4 is 5.32 Å². The van der Waals surface area contributed by atoms with E-state index in [-0.39, 0.29) is 11.6 Å². The van der Waals surface area contributed by atoms with Crippen molar-refractivity contribution < 1.29 is 14.7 Å². The molecule has 1 unspecified atom stereocenters. The van der Waals surface area contributed by atoms with Crippen LogP contribution in [0.4, 0.5) is 10.5 Å². The number of anilines is 1. The minimum absolute atomic E-state index is 0.119. The summed E-state index contributed by atoms with van der Waals surface area (Å²) in [6.07, 6.45) is 1.03. The average molecular weight is 262 g/mol. The third-order valence-corrected chi connectivity index (χ3v) is 3.42. The topological polar surface area (TPSA) is 69.6 Å². The lowest BCUT2D eigenvalue weighted by atomic mass is 10.1. The summed E-state index contributed by atoms with van der Waals surface area (Å²) < 4.78 is 0. The molecule has 0 saturated carbocycles. The fourth-order valence-corrected chi connectivity index (χ4v) is 2.30. The maximum absolute atomic E-state index is 12.0. The second-order valence-corrected chi connectivity index (χ2v) is 5.10. The summed E-state index contributed by atoms with van der Waals surface area (Å²) in [7, 11) is 0. The van der Waals surface area contributed by atoms with E-state index in [1.54, 1.807) is 24.0 Å². The highest BCUT2D eigenvalue weighted by atomic mass is 16.4. The lowest BCUT2D eigenvalue weighted by Crippen LogP contribution is -2.32. The van der Waals surface area contributed by atoms with Crippen molar-refractivity contribution >= 4 is 17.7 Å². The van der Waals surface area contributed by atoms with Crippen LogP contribution in [-0.4, -0.2) is 35.1 Å². The normalized spacial score (nSPS) is 18.4. The van der Waals surface area contributed by atoms with Crippen LogP contribution in [0.25, 0.3) is 0 Å². The van der Waals surface area contributed by atoms with E-state index >= 15 is 0 Å².